The van der Waals surface area contributed by atoms with Gasteiger partial charge in [0.1, 0.15) is 11.5 Å². The van der Waals surface area contributed by atoms with Gasteiger partial charge in [-0.15, -0.1) is 0 Å². The van der Waals surface area contributed by atoms with Gasteiger partial charge in [0.15, 0.2) is 0 Å². The molecule has 0 spiro atoms. The van der Waals surface area contributed by atoms with Crippen LogP contribution in [0.25, 0.3) is 0 Å². The van der Waals surface area contributed by atoms with E-state index < -0.39 is 36.2 Å². The number of imide groups is 1. The van der Waals surface area contributed by atoms with E-state index in [1.807, 2.05) is 0 Å². The van der Waals surface area contributed by atoms with Crippen LogP contribution in [-0.4, -0.2) is 47.8 Å². The number of nitrogens with zero attached hydrogens (tertiary/aromatic N) is 1. The van der Waals surface area contributed by atoms with E-state index in [1.165, 1.54) is 43.5 Å². The molecule has 1 fully saturated rings. The van der Waals surface area contributed by atoms with Gasteiger partial charge < -0.3 is 14.8 Å². The Kier molecular flexibility index (Phi) is 6.52. The highest BCUT2D eigenvalue weighted by Gasteiger charge is 2.68. The fourth-order valence-electron chi connectivity index (χ4n) is 3.18. The molecular weight excluding hydrogens is 443 g/mol. The van der Waals surface area contributed by atoms with Crippen molar-refractivity contribution in [3.05, 3.63) is 59.7 Å². The Morgan fingerprint density at radius 3 is 2.15 bits per heavy atom. The average Bonchev–Trinajstić information content (AvgIpc) is 2.99. The minimum Gasteiger partial charge on any atom is -0.497 e. The number of hydrogen-bond donors (Lipinski definition) is 2. The normalized spacial score (nSPS) is 18.3. The second-order valence-corrected chi connectivity index (χ2v) is 7.56. The van der Waals surface area contributed by atoms with Gasteiger partial charge in [-0.1, -0.05) is 12.1 Å². The van der Waals surface area contributed by atoms with E-state index in [2.05, 4.69) is 0 Å². The second kappa shape index (κ2) is 9.00. The number of amides is 4. The number of benzene rings is 2. The molecule has 8 nitrogen and oxygen atoms in total. The van der Waals surface area contributed by atoms with Gasteiger partial charge in [0.25, 0.3) is 17.5 Å². The molecule has 1 atom stereocenters. The molecule has 0 saturated carbocycles. The predicted octanol–water partition coefficient (Wildman–Crippen LogP) is 3.22. The summed E-state index contributed by atoms with van der Waals surface area (Å²) < 4.78 is 52.5. The lowest BCUT2D eigenvalue weighted by Gasteiger charge is -2.30. The van der Waals surface area contributed by atoms with Crippen LogP contribution in [-0.2, 0) is 11.3 Å². The molecule has 33 heavy (non-hydrogen) atoms. The quantitative estimate of drug-likeness (QED) is 0.612. The first-order valence-corrected chi connectivity index (χ1v) is 9.90. The van der Waals surface area contributed by atoms with Gasteiger partial charge in [-0.05, 0) is 55.8 Å². The minimum absolute atomic E-state index is 0.138. The van der Waals surface area contributed by atoms with Crippen molar-refractivity contribution < 1.29 is 37.0 Å². The second-order valence-electron chi connectivity index (χ2n) is 7.56. The molecule has 1 aliphatic heterocycles. The summed E-state index contributed by atoms with van der Waals surface area (Å²) >= 11 is 0. The number of urea groups is 1. The molecule has 2 aromatic carbocycles. The van der Waals surface area contributed by atoms with Crippen LogP contribution < -0.4 is 20.1 Å². The summed E-state index contributed by atoms with van der Waals surface area (Å²) in [4.78, 5) is 38.1. The van der Waals surface area contributed by atoms with Gasteiger partial charge in [-0.25, -0.2) is 4.79 Å². The first kappa shape index (κ1) is 23.9. The highest BCUT2D eigenvalue weighted by atomic mass is 19.4. The molecule has 2 aromatic rings. The van der Waals surface area contributed by atoms with Gasteiger partial charge >= 0.3 is 12.2 Å². The highest BCUT2D eigenvalue weighted by Crippen LogP contribution is 2.35. The van der Waals surface area contributed by atoms with Crippen LogP contribution >= 0.6 is 0 Å². The van der Waals surface area contributed by atoms with Crippen LogP contribution in [0.5, 0.6) is 11.5 Å². The molecule has 0 aromatic heterocycles. The average molecular weight is 465 g/mol. The van der Waals surface area contributed by atoms with E-state index in [-0.39, 0.29) is 11.7 Å². The fourth-order valence-corrected chi connectivity index (χ4v) is 3.18. The van der Waals surface area contributed by atoms with Crippen molar-refractivity contribution in [2.75, 3.05) is 7.11 Å². The summed E-state index contributed by atoms with van der Waals surface area (Å²) in [5.41, 5.74) is -3.35. The number of ether oxygens (including phenoxy) is 2. The van der Waals surface area contributed by atoms with Crippen LogP contribution in [0.15, 0.2) is 48.5 Å². The van der Waals surface area contributed by atoms with Crippen LogP contribution in [0.1, 0.15) is 29.8 Å². The summed E-state index contributed by atoms with van der Waals surface area (Å²) in [6.45, 7) is 3.16. The highest BCUT2D eigenvalue weighted by molar-refractivity contribution is 6.10. The van der Waals surface area contributed by atoms with E-state index in [9.17, 15) is 27.6 Å². The van der Waals surface area contributed by atoms with Crippen LogP contribution in [0.2, 0.25) is 0 Å². The molecule has 1 aliphatic rings. The topological polar surface area (TPSA) is 97.0 Å². The summed E-state index contributed by atoms with van der Waals surface area (Å²) in [5, 5.41) is 3.29. The maximum absolute atomic E-state index is 14.0. The number of methoxy groups -OCH3 is 1. The van der Waals surface area contributed by atoms with Crippen LogP contribution in [0, 0.1) is 0 Å². The molecule has 1 heterocycles. The molecule has 4 amide bonds. The van der Waals surface area contributed by atoms with Crippen molar-refractivity contribution in [2.24, 2.45) is 0 Å². The largest absolute Gasteiger partial charge is 0.497 e. The number of alkyl halides is 3. The van der Waals surface area contributed by atoms with E-state index in [0.717, 1.165) is 0 Å². The third-order valence-electron chi connectivity index (χ3n) is 4.82. The minimum atomic E-state index is -5.30. The maximum atomic E-state index is 14.0. The molecule has 2 N–H and O–H groups in total. The van der Waals surface area contributed by atoms with Crippen molar-refractivity contribution >= 4 is 17.8 Å². The number of nitrogens with one attached hydrogen (secondary N) is 2. The molecule has 176 valence electrons. The molecular formula is C22H22F3N3O5. The molecule has 0 aliphatic carbocycles. The Morgan fingerprint density at radius 1 is 1.06 bits per heavy atom. The Balaban J connectivity index is 1.84. The Labute approximate surface area is 187 Å². The third kappa shape index (κ3) is 4.86. The van der Waals surface area contributed by atoms with Gasteiger partial charge in [0.05, 0.1) is 19.8 Å². The number of rotatable bonds is 7. The summed E-state index contributed by atoms with van der Waals surface area (Å²) in [6.07, 6.45) is -5.44. The Hall–Kier alpha value is -3.76. The van der Waals surface area contributed by atoms with Crippen molar-refractivity contribution in [1.29, 1.82) is 0 Å². The summed E-state index contributed by atoms with van der Waals surface area (Å²) in [6, 6.07) is 10.2. The Bertz CT molecular complexity index is 1040. The fraction of sp³-hybridized carbons (Fsp3) is 0.318. The first-order chi connectivity index (χ1) is 15.5. The zero-order valence-corrected chi connectivity index (χ0v) is 18.0. The van der Waals surface area contributed by atoms with Crippen molar-refractivity contribution in [3.63, 3.8) is 0 Å². The lowest BCUT2D eigenvalue weighted by Crippen LogP contribution is -2.69. The van der Waals surface area contributed by atoms with Gasteiger partial charge in [0, 0.05) is 5.56 Å². The van der Waals surface area contributed by atoms with Gasteiger partial charge in [-0.3, -0.25) is 19.8 Å². The molecule has 3 rings (SSSR count). The molecule has 1 saturated heterocycles. The van der Waals surface area contributed by atoms with Gasteiger partial charge in [-0.2, -0.15) is 13.2 Å². The van der Waals surface area contributed by atoms with Gasteiger partial charge in [0.2, 0.25) is 0 Å². The monoisotopic (exact) mass is 465 g/mol. The lowest BCUT2D eigenvalue weighted by molar-refractivity contribution is -0.200. The number of halogens is 3. The van der Waals surface area contributed by atoms with Crippen molar-refractivity contribution in [2.45, 2.75) is 38.3 Å². The molecule has 0 unspecified atom stereocenters. The van der Waals surface area contributed by atoms with E-state index in [1.54, 1.807) is 36.6 Å². The predicted molar refractivity (Wildman–Crippen MR) is 111 cm³/mol. The third-order valence-corrected chi connectivity index (χ3v) is 4.82. The van der Waals surface area contributed by atoms with E-state index >= 15 is 0 Å². The van der Waals surface area contributed by atoms with E-state index in [0.29, 0.717) is 22.0 Å². The molecule has 0 radical (unpaired) electrons. The smallest absolute Gasteiger partial charge is 0.440 e. The first-order valence-electron chi connectivity index (χ1n) is 9.90. The van der Waals surface area contributed by atoms with E-state index in [4.69, 9.17) is 9.47 Å². The summed E-state index contributed by atoms with van der Waals surface area (Å²) in [7, 11) is 1.44. The lowest BCUT2D eigenvalue weighted by atomic mass is 10.1. The van der Waals surface area contributed by atoms with Crippen molar-refractivity contribution in [1.82, 2.24) is 15.5 Å². The molecule has 11 heteroatoms. The zero-order valence-electron chi connectivity index (χ0n) is 18.0. The number of carbonyl (C=O) groups is 3. The Morgan fingerprint density at radius 2 is 1.64 bits per heavy atom. The SMILES string of the molecule is COc1ccc(CN2C(=O)N[C@](NC(=O)c3ccc(OC(C)C)cc3)(C(F)(F)F)C2=O)cc1. The zero-order chi connectivity index (χ0) is 24.4. The number of hydrogen-bond acceptors (Lipinski definition) is 5. The van der Waals surface area contributed by atoms with Crippen LogP contribution in [0.4, 0.5) is 18.0 Å². The summed E-state index contributed by atoms with van der Waals surface area (Å²) in [5.74, 6) is -1.91. The number of carbonyl (C=O) groups excluding carboxylic acids is 3. The van der Waals surface area contributed by atoms with Crippen LogP contribution in [0.3, 0.4) is 0 Å². The van der Waals surface area contributed by atoms with Crippen molar-refractivity contribution in [3.8, 4) is 11.5 Å². The molecule has 0 bridgehead atoms. The maximum Gasteiger partial charge on any atom is 0.440 e. The standard InChI is InChI=1S/C22H22F3N3O5/c1-13(2)33-17-10-6-15(7-11-17)18(29)26-21(22(23,24)25)19(30)28(20(31)27-21)12-14-4-8-16(32-3)9-5-14/h4-11,13H,12H2,1-3H3,(H,26,29)(H,27,31)/t21-/m0/s1.